The fourth-order valence-electron chi connectivity index (χ4n) is 4.87. The first-order chi connectivity index (χ1) is 10.7. The van der Waals surface area contributed by atoms with Crippen LogP contribution in [0.3, 0.4) is 0 Å². The van der Waals surface area contributed by atoms with Gasteiger partial charge in [0.25, 0.3) is 0 Å². The molecule has 22 heavy (non-hydrogen) atoms. The van der Waals surface area contributed by atoms with E-state index in [2.05, 4.69) is 34.5 Å². The third kappa shape index (κ3) is 4.44. The molecule has 0 amide bonds. The lowest BCUT2D eigenvalue weighted by atomic mass is 9.84. The molecule has 3 rings (SSSR count). The maximum atomic E-state index is 3.83. The Balaban J connectivity index is 1.52. The molecule has 0 bridgehead atoms. The number of piperidine rings is 3. The van der Waals surface area contributed by atoms with E-state index in [1.54, 1.807) is 0 Å². The van der Waals surface area contributed by atoms with Crippen LogP contribution in [-0.4, -0.2) is 74.7 Å². The summed E-state index contributed by atoms with van der Waals surface area (Å²) in [6.45, 7) is 6.36. The van der Waals surface area contributed by atoms with Crippen molar-refractivity contribution in [1.82, 2.24) is 20.4 Å². The minimum Gasteiger partial charge on any atom is -0.312 e. The molecule has 0 saturated carbocycles. The molecule has 128 valence electrons. The number of nitrogens with zero attached hydrogens (tertiary/aromatic N) is 2. The van der Waals surface area contributed by atoms with Crippen molar-refractivity contribution in [2.45, 2.75) is 63.1 Å². The molecule has 0 aromatic carbocycles. The minimum absolute atomic E-state index is 0.686. The van der Waals surface area contributed by atoms with Crippen molar-refractivity contribution in [3.05, 3.63) is 0 Å². The first-order valence-electron chi connectivity index (χ1n) is 9.58. The summed E-state index contributed by atoms with van der Waals surface area (Å²) in [5.41, 5.74) is 0. The Hall–Kier alpha value is -0.160. The van der Waals surface area contributed by atoms with Gasteiger partial charge in [0.2, 0.25) is 0 Å². The molecule has 0 spiro atoms. The lowest BCUT2D eigenvalue weighted by Crippen LogP contribution is -2.58. The average molecular weight is 309 g/mol. The Bertz CT molecular complexity index is 327. The van der Waals surface area contributed by atoms with E-state index in [4.69, 9.17) is 0 Å². The zero-order valence-electron chi connectivity index (χ0n) is 14.7. The van der Waals surface area contributed by atoms with E-state index in [0.29, 0.717) is 12.1 Å². The zero-order valence-corrected chi connectivity index (χ0v) is 14.7. The maximum absolute atomic E-state index is 3.83. The van der Waals surface area contributed by atoms with Crippen LogP contribution in [0.4, 0.5) is 0 Å². The van der Waals surface area contributed by atoms with Crippen LogP contribution in [0.5, 0.6) is 0 Å². The Morgan fingerprint density at radius 1 is 0.909 bits per heavy atom. The van der Waals surface area contributed by atoms with E-state index in [1.165, 1.54) is 77.7 Å². The van der Waals surface area contributed by atoms with Gasteiger partial charge >= 0.3 is 0 Å². The summed E-state index contributed by atoms with van der Waals surface area (Å²) in [6, 6.07) is 2.21. The molecule has 0 aliphatic carbocycles. The van der Waals surface area contributed by atoms with Gasteiger partial charge in [-0.2, -0.15) is 0 Å². The van der Waals surface area contributed by atoms with Crippen LogP contribution >= 0.6 is 0 Å². The predicted octanol–water partition coefficient (Wildman–Crippen LogP) is 1.52. The van der Waals surface area contributed by atoms with Crippen LogP contribution in [0.1, 0.15) is 44.9 Å². The van der Waals surface area contributed by atoms with E-state index in [-0.39, 0.29) is 0 Å². The van der Waals surface area contributed by atoms with Gasteiger partial charge in [0.1, 0.15) is 0 Å². The van der Waals surface area contributed by atoms with Gasteiger partial charge in [-0.05, 0) is 84.7 Å². The molecule has 0 aromatic heterocycles. The van der Waals surface area contributed by atoms with Gasteiger partial charge < -0.3 is 20.4 Å². The fraction of sp³-hybridized carbons (Fsp3) is 1.00. The Morgan fingerprint density at radius 2 is 1.59 bits per heavy atom. The first kappa shape index (κ1) is 16.7. The number of likely N-dealkylation sites (tertiary alicyclic amines) is 1. The normalized spacial score (nSPS) is 38.3. The molecule has 3 aliphatic heterocycles. The van der Waals surface area contributed by atoms with Crippen molar-refractivity contribution in [1.29, 1.82) is 0 Å². The monoisotopic (exact) mass is 308 g/mol. The van der Waals surface area contributed by atoms with Gasteiger partial charge in [-0.3, -0.25) is 0 Å². The van der Waals surface area contributed by atoms with Gasteiger partial charge in [0, 0.05) is 24.7 Å². The van der Waals surface area contributed by atoms with Crippen LogP contribution in [-0.2, 0) is 0 Å². The summed E-state index contributed by atoms with van der Waals surface area (Å²) < 4.78 is 0. The third-order valence-electron chi connectivity index (χ3n) is 5.97. The van der Waals surface area contributed by atoms with Gasteiger partial charge in [-0.15, -0.1) is 0 Å². The lowest BCUT2D eigenvalue weighted by molar-refractivity contribution is 0.102. The molecule has 2 N–H and O–H groups in total. The van der Waals surface area contributed by atoms with Gasteiger partial charge in [-0.25, -0.2) is 0 Å². The van der Waals surface area contributed by atoms with Crippen molar-refractivity contribution in [2.75, 3.05) is 46.8 Å². The Labute approximate surface area is 137 Å². The van der Waals surface area contributed by atoms with E-state index >= 15 is 0 Å². The van der Waals surface area contributed by atoms with Crippen LogP contribution in [0.25, 0.3) is 0 Å². The molecule has 4 heteroatoms. The second-order valence-electron chi connectivity index (χ2n) is 8.05. The fourth-order valence-corrected chi connectivity index (χ4v) is 4.87. The molecule has 0 aromatic rings. The van der Waals surface area contributed by atoms with Crippen LogP contribution < -0.4 is 10.6 Å². The summed E-state index contributed by atoms with van der Waals surface area (Å²) in [7, 11) is 4.42. The molecule has 4 atom stereocenters. The largest absolute Gasteiger partial charge is 0.312 e. The van der Waals surface area contributed by atoms with Crippen molar-refractivity contribution >= 4 is 0 Å². The predicted molar refractivity (Wildman–Crippen MR) is 93.3 cm³/mol. The van der Waals surface area contributed by atoms with E-state index in [1.807, 2.05) is 0 Å². The SMILES string of the molecule is CN(C)CC1CCNC(C2CC(N3CCCCC3)CCN2)C1. The summed E-state index contributed by atoms with van der Waals surface area (Å²) in [5.74, 6) is 0.874. The summed E-state index contributed by atoms with van der Waals surface area (Å²) in [5, 5.41) is 7.64. The van der Waals surface area contributed by atoms with Crippen LogP contribution in [0.15, 0.2) is 0 Å². The smallest absolute Gasteiger partial charge is 0.0236 e. The molecule has 0 radical (unpaired) electrons. The molecule has 3 fully saturated rings. The van der Waals surface area contributed by atoms with E-state index in [9.17, 15) is 0 Å². The molecular formula is C18H36N4. The average Bonchev–Trinajstić information content (AvgIpc) is 2.55. The quantitative estimate of drug-likeness (QED) is 0.824. The van der Waals surface area contributed by atoms with Gasteiger partial charge in [-0.1, -0.05) is 6.42 Å². The molecule has 4 unspecified atom stereocenters. The molecule has 3 aliphatic rings. The summed E-state index contributed by atoms with van der Waals surface area (Å²) in [4.78, 5) is 5.15. The Morgan fingerprint density at radius 3 is 2.32 bits per heavy atom. The zero-order chi connectivity index (χ0) is 15.4. The van der Waals surface area contributed by atoms with Crippen LogP contribution in [0.2, 0.25) is 0 Å². The second kappa shape index (κ2) is 8.09. The second-order valence-corrected chi connectivity index (χ2v) is 8.05. The minimum atomic E-state index is 0.686. The summed E-state index contributed by atoms with van der Waals surface area (Å²) in [6.07, 6.45) is 9.68. The third-order valence-corrected chi connectivity index (χ3v) is 5.97. The molecule has 4 nitrogen and oxygen atoms in total. The molecular weight excluding hydrogens is 272 g/mol. The highest BCUT2D eigenvalue weighted by molar-refractivity contribution is 4.94. The number of hydrogen-bond acceptors (Lipinski definition) is 4. The van der Waals surface area contributed by atoms with E-state index in [0.717, 1.165) is 12.0 Å². The maximum Gasteiger partial charge on any atom is 0.0236 e. The summed E-state index contributed by atoms with van der Waals surface area (Å²) >= 11 is 0. The molecule has 3 heterocycles. The highest BCUT2D eigenvalue weighted by Crippen LogP contribution is 2.26. The number of hydrogen-bond donors (Lipinski definition) is 2. The topological polar surface area (TPSA) is 30.5 Å². The van der Waals surface area contributed by atoms with Crippen molar-refractivity contribution in [3.63, 3.8) is 0 Å². The van der Waals surface area contributed by atoms with E-state index < -0.39 is 0 Å². The highest BCUT2D eigenvalue weighted by atomic mass is 15.2. The number of nitrogens with one attached hydrogen (secondary N) is 2. The van der Waals surface area contributed by atoms with Crippen molar-refractivity contribution in [3.8, 4) is 0 Å². The van der Waals surface area contributed by atoms with Crippen molar-refractivity contribution < 1.29 is 0 Å². The lowest BCUT2D eigenvalue weighted by Gasteiger charge is -2.44. The number of rotatable bonds is 4. The Kier molecular flexibility index (Phi) is 6.14. The van der Waals surface area contributed by atoms with Crippen LogP contribution in [0, 0.1) is 5.92 Å². The standard InChI is InChI=1S/C18H36N4/c1-21(2)14-15-6-8-19-17(12-15)18-13-16(7-9-20-18)22-10-4-3-5-11-22/h15-20H,3-14H2,1-2H3. The van der Waals surface area contributed by atoms with Gasteiger partial charge in [0.05, 0.1) is 0 Å². The van der Waals surface area contributed by atoms with Crippen molar-refractivity contribution in [2.24, 2.45) is 5.92 Å². The highest BCUT2D eigenvalue weighted by Gasteiger charge is 2.34. The molecule has 3 saturated heterocycles. The van der Waals surface area contributed by atoms with Gasteiger partial charge in [0.15, 0.2) is 0 Å². The first-order valence-corrected chi connectivity index (χ1v) is 9.58.